The Labute approximate surface area is 220 Å². The molecule has 1 nitrogen and oxygen atoms in total. The Morgan fingerprint density at radius 2 is 1.71 bits per heavy atom. The van der Waals surface area contributed by atoms with Gasteiger partial charge in [0.1, 0.15) is 0 Å². The Morgan fingerprint density at radius 3 is 2.26 bits per heavy atom. The fourth-order valence-electron chi connectivity index (χ4n) is 5.11. The van der Waals surface area contributed by atoms with Crippen molar-refractivity contribution in [1.29, 1.82) is 0 Å². The summed E-state index contributed by atoms with van der Waals surface area (Å²) in [5, 5.41) is 3.24. The zero-order chi connectivity index (χ0) is 26.6. The van der Waals surface area contributed by atoms with E-state index in [4.69, 9.17) is 0 Å². The van der Waals surface area contributed by atoms with Crippen LogP contribution < -0.4 is 5.32 Å². The van der Waals surface area contributed by atoms with Crippen molar-refractivity contribution >= 4 is 0 Å². The number of hydrogen-bond donors (Lipinski definition) is 1. The first kappa shape index (κ1) is 33.2. The normalized spacial score (nSPS) is 21.9. The number of hydrogen-bond acceptors (Lipinski definition) is 1. The van der Waals surface area contributed by atoms with Gasteiger partial charge in [-0.3, -0.25) is 0 Å². The van der Waals surface area contributed by atoms with Crippen molar-refractivity contribution in [2.24, 2.45) is 29.6 Å². The predicted octanol–water partition coefficient (Wildman–Crippen LogP) is 10.4. The standard InChI is InChI=1S/C20H32.C12H21N.C2H6/c1-15(10-12-19-8-6-5-7-9-19)11-13-20-17(3)14-16(2)18(20)4;1-5-6-7-8-9-12(4)13-10-11(2)3;1-2/h5-9,15-18,20H,10-14H2,1-4H3;5-6,13H,2,4,7-10H2,1,3H3;1-2H3/b;6-5-;. The highest BCUT2D eigenvalue weighted by molar-refractivity contribution is 5.14. The van der Waals surface area contributed by atoms with Gasteiger partial charge < -0.3 is 5.32 Å². The second-order valence-electron chi connectivity index (χ2n) is 10.8. The molecule has 2 rings (SSSR count). The summed E-state index contributed by atoms with van der Waals surface area (Å²) in [6, 6.07) is 10.9. The van der Waals surface area contributed by atoms with Crippen LogP contribution in [0.15, 0.2) is 66.9 Å². The molecule has 0 aliphatic heterocycles. The average molecular weight is 482 g/mol. The molecule has 1 N–H and O–H groups in total. The van der Waals surface area contributed by atoms with Crippen LogP contribution >= 0.6 is 0 Å². The lowest BCUT2D eigenvalue weighted by atomic mass is 9.83. The highest BCUT2D eigenvalue weighted by Gasteiger charge is 2.35. The van der Waals surface area contributed by atoms with Gasteiger partial charge in [-0.1, -0.05) is 109 Å². The van der Waals surface area contributed by atoms with Gasteiger partial charge in [0.25, 0.3) is 0 Å². The van der Waals surface area contributed by atoms with E-state index in [1.54, 1.807) is 0 Å². The van der Waals surface area contributed by atoms with Crippen LogP contribution in [0.5, 0.6) is 0 Å². The predicted molar refractivity (Wildman–Crippen MR) is 161 cm³/mol. The van der Waals surface area contributed by atoms with Gasteiger partial charge in [0, 0.05) is 12.2 Å². The quantitative estimate of drug-likeness (QED) is 0.218. The van der Waals surface area contributed by atoms with E-state index in [1.807, 2.05) is 27.7 Å². The number of nitrogens with one attached hydrogen (secondary N) is 1. The summed E-state index contributed by atoms with van der Waals surface area (Å²) in [6.45, 7) is 26.5. The highest BCUT2D eigenvalue weighted by Crippen LogP contribution is 2.43. The number of aryl methyl sites for hydroxylation is 1. The zero-order valence-electron chi connectivity index (χ0n) is 24.7. The minimum Gasteiger partial charge on any atom is -0.385 e. The first-order chi connectivity index (χ1) is 16.7. The third kappa shape index (κ3) is 15.8. The van der Waals surface area contributed by atoms with E-state index in [1.165, 1.54) is 44.1 Å². The molecule has 1 saturated carbocycles. The Hall–Kier alpha value is -1.76. The molecule has 0 spiro atoms. The molecule has 1 heteroatoms. The molecule has 5 atom stereocenters. The summed E-state index contributed by atoms with van der Waals surface area (Å²) < 4.78 is 0. The minimum atomic E-state index is 0.850. The molecular weight excluding hydrogens is 422 g/mol. The van der Waals surface area contributed by atoms with Crippen molar-refractivity contribution in [1.82, 2.24) is 5.32 Å². The largest absolute Gasteiger partial charge is 0.385 e. The average Bonchev–Trinajstić information content (AvgIpc) is 3.10. The molecule has 1 aliphatic carbocycles. The summed E-state index contributed by atoms with van der Waals surface area (Å²) in [7, 11) is 0. The Balaban J connectivity index is 0.000000672. The molecular formula is C34H59N. The van der Waals surface area contributed by atoms with Crippen LogP contribution in [0.3, 0.4) is 0 Å². The van der Waals surface area contributed by atoms with E-state index < -0.39 is 0 Å². The van der Waals surface area contributed by atoms with Gasteiger partial charge in [-0.25, -0.2) is 0 Å². The van der Waals surface area contributed by atoms with Gasteiger partial charge in [-0.05, 0) is 93.9 Å². The van der Waals surface area contributed by atoms with Crippen LogP contribution in [0.4, 0.5) is 0 Å². The molecule has 1 aromatic carbocycles. The molecule has 0 saturated heterocycles. The first-order valence-electron chi connectivity index (χ1n) is 14.5. The van der Waals surface area contributed by atoms with Gasteiger partial charge in [-0.15, -0.1) is 0 Å². The third-order valence-electron chi connectivity index (χ3n) is 7.53. The van der Waals surface area contributed by atoms with Crippen LogP contribution in [0.2, 0.25) is 0 Å². The summed E-state index contributed by atoms with van der Waals surface area (Å²) in [5.41, 5.74) is 3.76. The Bertz CT molecular complexity index is 686. The van der Waals surface area contributed by atoms with Crippen molar-refractivity contribution in [2.75, 3.05) is 6.54 Å². The van der Waals surface area contributed by atoms with Crippen molar-refractivity contribution in [3.05, 3.63) is 72.5 Å². The van der Waals surface area contributed by atoms with Gasteiger partial charge in [0.15, 0.2) is 0 Å². The molecule has 0 radical (unpaired) electrons. The van der Waals surface area contributed by atoms with E-state index in [2.05, 4.69) is 88.7 Å². The lowest BCUT2D eigenvalue weighted by Gasteiger charge is -2.23. The van der Waals surface area contributed by atoms with E-state index in [0.717, 1.165) is 60.2 Å². The van der Waals surface area contributed by atoms with Gasteiger partial charge in [0.05, 0.1) is 0 Å². The Morgan fingerprint density at radius 1 is 1.06 bits per heavy atom. The number of unbranched alkanes of at least 4 members (excludes halogenated alkanes) is 1. The van der Waals surface area contributed by atoms with E-state index in [9.17, 15) is 0 Å². The summed E-state index contributed by atoms with van der Waals surface area (Å²) in [4.78, 5) is 0. The SMILES string of the molecule is C=C(C)CNC(=C)CCC/C=C\C.CC.CC(CCc1ccccc1)CCC1C(C)CC(C)C1C. The number of rotatable bonds is 13. The summed E-state index contributed by atoms with van der Waals surface area (Å²) in [5.74, 6) is 4.66. The van der Waals surface area contributed by atoms with E-state index in [0.29, 0.717) is 0 Å². The molecule has 0 bridgehead atoms. The second kappa shape index (κ2) is 20.4. The van der Waals surface area contributed by atoms with Crippen LogP contribution in [0.1, 0.15) is 106 Å². The Kier molecular flexibility index (Phi) is 19.4. The van der Waals surface area contributed by atoms with Gasteiger partial charge in [-0.2, -0.15) is 0 Å². The van der Waals surface area contributed by atoms with Crippen LogP contribution in [-0.2, 0) is 6.42 Å². The molecule has 1 aliphatic rings. The number of benzene rings is 1. The van der Waals surface area contributed by atoms with Crippen LogP contribution in [0.25, 0.3) is 0 Å². The van der Waals surface area contributed by atoms with Crippen molar-refractivity contribution in [3.8, 4) is 0 Å². The van der Waals surface area contributed by atoms with Crippen molar-refractivity contribution in [3.63, 3.8) is 0 Å². The molecule has 1 fully saturated rings. The lowest BCUT2D eigenvalue weighted by molar-refractivity contribution is 0.276. The number of allylic oxidation sites excluding steroid dienone is 3. The third-order valence-corrected chi connectivity index (χ3v) is 7.53. The topological polar surface area (TPSA) is 12.0 Å². The molecule has 0 heterocycles. The highest BCUT2D eigenvalue weighted by atomic mass is 14.9. The molecule has 0 amide bonds. The fraction of sp³-hybridized carbons (Fsp3) is 0.647. The maximum Gasteiger partial charge on any atom is 0.0351 e. The lowest BCUT2D eigenvalue weighted by Crippen LogP contribution is -2.14. The molecule has 0 aromatic heterocycles. The second-order valence-corrected chi connectivity index (χ2v) is 10.8. The summed E-state index contributed by atoms with van der Waals surface area (Å²) in [6.07, 6.45) is 14.5. The van der Waals surface area contributed by atoms with Crippen molar-refractivity contribution in [2.45, 2.75) is 107 Å². The first-order valence-corrected chi connectivity index (χ1v) is 14.5. The zero-order valence-corrected chi connectivity index (χ0v) is 24.7. The van der Waals surface area contributed by atoms with Gasteiger partial charge >= 0.3 is 0 Å². The van der Waals surface area contributed by atoms with E-state index >= 15 is 0 Å². The van der Waals surface area contributed by atoms with Crippen LogP contribution in [-0.4, -0.2) is 6.54 Å². The molecule has 200 valence electrons. The van der Waals surface area contributed by atoms with Crippen molar-refractivity contribution < 1.29 is 0 Å². The maximum atomic E-state index is 3.95. The molecule has 35 heavy (non-hydrogen) atoms. The fourth-order valence-corrected chi connectivity index (χ4v) is 5.11. The van der Waals surface area contributed by atoms with E-state index in [-0.39, 0.29) is 0 Å². The monoisotopic (exact) mass is 481 g/mol. The summed E-state index contributed by atoms with van der Waals surface area (Å²) >= 11 is 0. The molecule has 5 unspecified atom stereocenters. The van der Waals surface area contributed by atoms with Crippen LogP contribution in [0, 0.1) is 29.6 Å². The minimum absolute atomic E-state index is 0.850. The molecule has 1 aromatic rings. The van der Waals surface area contributed by atoms with Gasteiger partial charge in [0.2, 0.25) is 0 Å². The smallest absolute Gasteiger partial charge is 0.0351 e. The maximum absolute atomic E-state index is 3.95.